The summed E-state index contributed by atoms with van der Waals surface area (Å²) in [6, 6.07) is 5.70. The molecule has 1 aromatic heterocycles. The Kier molecular flexibility index (Phi) is 7.76. The van der Waals surface area contributed by atoms with E-state index in [4.69, 9.17) is 14.2 Å². The fourth-order valence-electron chi connectivity index (χ4n) is 2.94. The molecule has 0 radical (unpaired) electrons. The Labute approximate surface area is 185 Å². The highest BCUT2D eigenvalue weighted by molar-refractivity contribution is 5.92. The lowest BCUT2D eigenvalue weighted by Gasteiger charge is -2.26. The number of aromatic nitrogens is 1. The molecule has 0 unspecified atom stereocenters. The third-order valence-electron chi connectivity index (χ3n) is 4.91. The van der Waals surface area contributed by atoms with Crippen molar-refractivity contribution >= 4 is 23.0 Å². The van der Waals surface area contributed by atoms with Crippen LogP contribution in [0.4, 0.5) is 4.79 Å². The number of carbonyl (C=O) groups excluding carboxylic acids is 2. The second kappa shape index (κ2) is 9.73. The zero-order valence-electron chi connectivity index (χ0n) is 20.1. The van der Waals surface area contributed by atoms with Crippen LogP contribution in [0.15, 0.2) is 24.4 Å². The number of rotatable bonds is 8. The van der Waals surface area contributed by atoms with Crippen molar-refractivity contribution in [3.8, 4) is 5.75 Å². The van der Waals surface area contributed by atoms with Gasteiger partial charge in [-0.05, 0) is 59.0 Å². The maximum atomic E-state index is 12.9. The lowest BCUT2D eigenvalue weighted by atomic mass is 9.95. The summed E-state index contributed by atoms with van der Waals surface area (Å²) in [6.45, 7) is 10.4. The van der Waals surface area contributed by atoms with Crippen LogP contribution in [0.2, 0.25) is 0 Å². The molecule has 0 amide bonds. The van der Waals surface area contributed by atoms with Gasteiger partial charge in [-0.2, -0.15) is 0 Å². The minimum Gasteiger partial charge on any atom is -0.497 e. The fourth-order valence-corrected chi connectivity index (χ4v) is 2.94. The van der Waals surface area contributed by atoms with E-state index >= 15 is 0 Å². The Morgan fingerprint density at radius 1 is 1.03 bits per heavy atom. The van der Waals surface area contributed by atoms with Gasteiger partial charge in [-0.15, -0.1) is 0 Å². The van der Waals surface area contributed by atoms with Crippen LogP contribution in [-0.4, -0.2) is 62.5 Å². The van der Waals surface area contributed by atoms with E-state index in [1.165, 1.54) is 4.57 Å². The van der Waals surface area contributed by atoms with Gasteiger partial charge < -0.3 is 19.1 Å². The average molecular weight is 433 g/mol. The summed E-state index contributed by atoms with van der Waals surface area (Å²) in [6.07, 6.45) is 2.18. The fraction of sp³-hybridized carbons (Fsp3) is 0.583. The van der Waals surface area contributed by atoms with E-state index in [1.54, 1.807) is 7.11 Å². The van der Waals surface area contributed by atoms with Crippen LogP contribution in [-0.2, 0) is 20.7 Å². The molecule has 0 aliphatic rings. The summed E-state index contributed by atoms with van der Waals surface area (Å²) in [5.74, 6) is 0.397. The molecule has 0 aliphatic heterocycles. The molecule has 0 N–H and O–H groups in total. The average Bonchev–Trinajstić information content (AvgIpc) is 3.05. The molecular formula is C24H36N2O5. The van der Waals surface area contributed by atoms with Crippen molar-refractivity contribution in [2.24, 2.45) is 10.8 Å². The second-order valence-corrected chi connectivity index (χ2v) is 10.0. The molecule has 2 rings (SSSR count). The Hall–Kier alpha value is -2.54. The molecule has 0 saturated heterocycles. The van der Waals surface area contributed by atoms with Gasteiger partial charge in [-0.25, -0.2) is 4.79 Å². The van der Waals surface area contributed by atoms with Crippen molar-refractivity contribution in [1.82, 2.24) is 9.47 Å². The molecule has 172 valence electrons. The quantitative estimate of drug-likeness (QED) is 0.578. The van der Waals surface area contributed by atoms with Gasteiger partial charge in [0.25, 0.3) is 0 Å². The second-order valence-electron chi connectivity index (χ2n) is 10.0. The third kappa shape index (κ3) is 6.72. The van der Waals surface area contributed by atoms with Crippen LogP contribution in [0.25, 0.3) is 10.9 Å². The molecule has 1 aromatic carbocycles. The number of nitrogens with zero attached hydrogens (tertiary/aromatic N) is 2. The van der Waals surface area contributed by atoms with E-state index in [-0.39, 0.29) is 19.2 Å². The van der Waals surface area contributed by atoms with Gasteiger partial charge in [0, 0.05) is 29.6 Å². The lowest BCUT2D eigenvalue weighted by molar-refractivity contribution is -0.156. The minimum absolute atomic E-state index is 0.125. The maximum absolute atomic E-state index is 12.9. The van der Waals surface area contributed by atoms with E-state index in [2.05, 4.69) is 4.90 Å². The predicted octanol–water partition coefficient (Wildman–Crippen LogP) is 4.35. The number of esters is 1. The maximum Gasteiger partial charge on any atom is 0.418 e. The summed E-state index contributed by atoms with van der Waals surface area (Å²) in [7, 11) is 5.64. The van der Waals surface area contributed by atoms with Crippen LogP contribution < -0.4 is 4.74 Å². The highest BCUT2D eigenvalue weighted by atomic mass is 16.6. The number of ether oxygens (including phenoxy) is 3. The van der Waals surface area contributed by atoms with Crippen molar-refractivity contribution in [1.29, 1.82) is 0 Å². The van der Waals surface area contributed by atoms with E-state index in [9.17, 15) is 9.59 Å². The molecule has 2 aromatic rings. The smallest absolute Gasteiger partial charge is 0.418 e. The van der Waals surface area contributed by atoms with Crippen molar-refractivity contribution in [3.05, 3.63) is 30.0 Å². The van der Waals surface area contributed by atoms with Crippen LogP contribution in [0.3, 0.4) is 0 Å². The molecular weight excluding hydrogens is 396 g/mol. The minimum atomic E-state index is -0.571. The van der Waals surface area contributed by atoms with Crippen LogP contribution in [0.5, 0.6) is 5.75 Å². The zero-order chi connectivity index (χ0) is 23.4. The number of hydrogen-bond donors (Lipinski definition) is 0. The monoisotopic (exact) mass is 432 g/mol. The van der Waals surface area contributed by atoms with E-state index in [0.29, 0.717) is 5.75 Å². The Balaban J connectivity index is 2.16. The largest absolute Gasteiger partial charge is 0.497 e. The molecule has 0 aliphatic carbocycles. The van der Waals surface area contributed by atoms with Crippen molar-refractivity contribution in [3.63, 3.8) is 0 Å². The van der Waals surface area contributed by atoms with Gasteiger partial charge in [0.2, 0.25) is 0 Å². The summed E-state index contributed by atoms with van der Waals surface area (Å²) in [5.41, 5.74) is 0.737. The third-order valence-corrected chi connectivity index (χ3v) is 4.91. The van der Waals surface area contributed by atoms with Gasteiger partial charge in [-0.3, -0.25) is 9.36 Å². The number of benzene rings is 1. The SMILES string of the molecule is COc1ccc2c(CCN(C)C)cn(C(=O)OCC(C)(C)COC(=O)C(C)(C)C)c2c1. The Morgan fingerprint density at radius 3 is 2.26 bits per heavy atom. The number of hydrogen-bond acceptors (Lipinski definition) is 6. The van der Waals surface area contributed by atoms with E-state index in [1.807, 2.05) is 73.1 Å². The summed E-state index contributed by atoms with van der Waals surface area (Å²) in [4.78, 5) is 27.1. The molecule has 0 atom stereocenters. The highest BCUT2D eigenvalue weighted by Crippen LogP contribution is 2.27. The Bertz CT molecular complexity index is 922. The standard InChI is InChI=1S/C24H36N2O5/c1-23(2,3)21(27)30-15-24(4,5)16-31-22(28)26-14-17(11-12-25(6)7)19-10-9-18(29-8)13-20(19)26/h9-10,13-14H,11-12,15-16H2,1-8H3. The summed E-state index contributed by atoms with van der Waals surface area (Å²) in [5, 5.41) is 0.998. The topological polar surface area (TPSA) is 70.0 Å². The van der Waals surface area contributed by atoms with Gasteiger partial charge in [-0.1, -0.05) is 13.8 Å². The van der Waals surface area contributed by atoms with Crippen molar-refractivity contribution < 1.29 is 23.8 Å². The van der Waals surface area contributed by atoms with Crippen LogP contribution in [0, 0.1) is 10.8 Å². The highest BCUT2D eigenvalue weighted by Gasteiger charge is 2.28. The van der Waals surface area contributed by atoms with Crippen LogP contribution in [0.1, 0.15) is 40.2 Å². The molecule has 0 bridgehead atoms. The van der Waals surface area contributed by atoms with Gasteiger partial charge >= 0.3 is 12.1 Å². The number of fused-ring (bicyclic) bond motifs is 1. The van der Waals surface area contributed by atoms with E-state index < -0.39 is 16.9 Å². The first-order valence-electron chi connectivity index (χ1n) is 10.5. The van der Waals surface area contributed by atoms with Gasteiger partial charge in [0.05, 0.1) is 24.6 Å². The zero-order valence-corrected chi connectivity index (χ0v) is 20.1. The lowest BCUT2D eigenvalue weighted by Crippen LogP contribution is -2.32. The molecule has 1 heterocycles. The first-order chi connectivity index (χ1) is 14.3. The first-order valence-corrected chi connectivity index (χ1v) is 10.5. The number of methoxy groups -OCH3 is 1. The molecule has 0 saturated carbocycles. The van der Waals surface area contributed by atoms with E-state index in [0.717, 1.165) is 29.4 Å². The molecule has 0 fully saturated rings. The number of likely N-dealkylation sites (N-methyl/N-ethyl adjacent to an activating group) is 1. The molecule has 31 heavy (non-hydrogen) atoms. The molecule has 7 heteroatoms. The first kappa shape index (κ1) is 24.7. The van der Waals surface area contributed by atoms with Crippen molar-refractivity contribution in [2.45, 2.75) is 41.0 Å². The Morgan fingerprint density at radius 2 is 1.68 bits per heavy atom. The normalized spacial score (nSPS) is 12.3. The summed E-state index contributed by atoms with van der Waals surface area (Å²) < 4.78 is 17.9. The van der Waals surface area contributed by atoms with Gasteiger partial charge in [0.1, 0.15) is 12.4 Å². The van der Waals surface area contributed by atoms with Crippen molar-refractivity contribution in [2.75, 3.05) is 41.0 Å². The predicted molar refractivity (Wildman–Crippen MR) is 122 cm³/mol. The van der Waals surface area contributed by atoms with Gasteiger partial charge in [0.15, 0.2) is 0 Å². The summed E-state index contributed by atoms with van der Waals surface area (Å²) >= 11 is 0. The molecule has 7 nitrogen and oxygen atoms in total. The van der Waals surface area contributed by atoms with Crippen LogP contribution >= 0.6 is 0 Å². The molecule has 0 spiro atoms. The number of carbonyl (C=O) groups is 2.